The first-order valence-corrected chi connectivity index (χ1v) is 9.13. The molecule has 1 aromatic rings. The number of rotatable bonds is 5. The number of phenolic OH excluding ortho intramolecular Hbond substituents is 1. The molecule has 0 radical (unpaired) electrons. The minimum atomic E-state index is -0.662. The number of aromatic hydroxyl groups is 1. The van der Waals surface area contributed by atoms with Gasteiger partial charge in [0.2, 0.25) is 5.91 Å². The fourth-order valence-corrected chi connectivity index (χ4v) is 3.90. The molecule has 0 saturated carbocycles. The van der Waals surface area contributed by atoms with E-state index in [2.05, 4.69) is 4.90 Å². The molecule has 24 heavy (non-hydrogen) atoms. The molecule has 1 aromatic carbocycles. The maximum absolute atomic E-state index is 13.5. The zero-order chi connectivity index (χ0) is 16.9. The Morgan fingerprint density at radius 3 is 2.67 bits per heavy atom. The van der Waals surface area contributed by atoms with Gasteiger partial charge >= 0.3 is 0 Å². The number of phenols is 1. The summed E-state index contributed by atoms with van der Waals surface area (Å²) in [5, 5.41) is 9.27. The molecule has 0 aliphatic carbocycles. The third-order valence-corrected chi connectivity index (χ3v) is 5.29. The summed E-state index contributed by atoms with van der Waals surface area (Å²) in [6.45, 7) is 4.26. The van der Waals surface area contributed by atoms with Crippen molar-refractivity contribution >= 4 is 5.91 Å². The van der Waals surface area contributed by atoms with E-state index in [-0.39, 0.29) is 18.1 Å². The summed E-state index contributed by atoms with van der Waals surface area (Å²) < 4.78 is 13.5. The van der Waals surface area contributed by atoms with Gasteiger partial charge in [-0.05, 0) is 69.3 Å². The molecule has 132 valence electrons. The number of likely N-dealkylation sites (tertiary alicyclic amines) is 2. The Morgan fingerprint density at radius 2 is 1.92 bits per heavy atom. The Labute approximate surface area is 143 Å². The molecule has 0 spiro atoms. The average Bonchev–Trinajstić information content (AvgIpc) is 3.10. The Hall–Kier alpha value is -1.62. The summed E-state index contributed by atoms with van der Waals surface area (Å²) in [5.41, 5.74) is 0.624. The first kappa shape index (κ1) is 17.2. The van der Waals surface area contributed by atoms with Crippen LogP contribution in [-0.2, 0) is 11.2 Å². The van der Waals surface area contributed by atoms with Gasteiger partial charge in [0, 0.05) is 19.1 Å². The summed E-state index contributed by atoms with van der Waals surface area (Å²) in [7, 11) is 0. The van der Waals surface area contributed by atoms with Crippen molar-refractivity contribution in [3.63, 3.8) is 0 Å². The van der Waals surface area contributed by atoms with Crippen LogP contribution in [0.3, 0.4) is 0 Å². The molecule has 2 aliphatic heterocycles. The van der Waals surface area contributed by atoms with Gasteiger partial charge in [0.15, 0.2) is 11.6 Å². The van der Waals surface area contributed by atoms with Crippen molar-refractivity contribution in [1.82, 2.24) is 9.80 Å². The Bertz CT molecular complexity index is 572. The summed E-state index contributed by atoms with van der Waals surface area (Å²) in [6, 6.07) is 4.52. The van der Waals surface area contributed by atoms with Crippen LogP contribution in [0, 0.1) is 5.82 Å². The molecule has 1 atom stereocenters. The maximum atomic E-state index is 13.5. The number of nitrogens with zero attached hydrogens (tertiary/aromatic N) is 2. The van der Waals surface area contributed by atoms with Crippen LogP contribution < -0.4 is 0 Å². The maximum Gasteiger partial charge on any atom is 0.227 e. The number of amides is 1. The summed E-state index contributed by atoms with van der Waals surface area (Å²) in [6.07, 6.45) is 7.13. The lowest BCUT2D eigenvalue weighted by molar-refractivity contribution is -0.134. The van der Waals surface area contributed by atoms with Crippen LogP contribution in [0.5, 0.6) is 5.75 Å². The lowest BCUT2D eigenvalue weighted by Crippen LogP contribution is -2.45. The van der Waals surface area contributed by atoms with Crippen molar-refractivity contribution in [2.45, 2.75) is 51.0 Å². The predicted molar refractivity (Wildman–Crippen MR) is 91.4 cm³/mol. The van der Waals surface area contributed by atoms with Crippen LogP contribution in [0.1, 0.15) is 44.1 Å². The van der Waals surface area contributed by atoms with Crippen LogP contribution in [-0.4, -0.2) is 53.0 Å². The topological polar surface area (TPSA) is 43.8 Å². The van der Waals surface area contributed by atoms with Crippen LogP contribution in [0.4, 0.5) is 4.39 Å². The van der Waals surface area contributed by atoms with Gasteiger partial charge in [0.05, 0.1) is 6.42 Å². The van der Waals surface area contributed by atoms with Gasteiger partial charge < -0.3 is 14.9 Å². The second kappa shape index (κ2) is 7.97. The molecule has 4 nitrogen and oxygen atoms in total. The number of carbonyl (C=O) groups excluding carboxylic acids is 1. The molecule has 2 aliphatic rings. The minimum Gasteiger partial charge on any atom is -0.505 e. The van der Waals surface area contributed by atoms with E-state index in [1.807, 2.05) is 4.90 Å². The monoisotopic (exact) mass is 334 g/mol. The lowest BCUT2D eigenvalue weighted by atomic mass is 9.98. The summed E-state index contributed by atoms with van der Waals surface area (Å²) in [4.78, 5) is 17.2. The highest BCUT2D eigenvalue weighted by Gasteiger charge is 2.27. The Kier molecular flexibility index (Phi) is 5.72. The van der Waals surface area contributed by atoms with Crippen molar-refractivity contribution < 1.29 is 14.3 Å². The van der Waals surface area contributed by atoms with Gasteiger partial charge in [-0.1, -0.05) is 6.07 Å². The third-order valence-electron chi connectivity index (χ3n) is 5.29. The van der Waals surface area contributed by atoms with E-state index in [4.69, 9.17) is 0 Å². The predicted octanol–water partition coefficient (Wildman–Crippen LogP) is 2.94. The van der Waals surface area contributed by atoms with Crippen molar-refractivity contribution in [1.29, 1.82) is 0 Å². The van der Waals surface area contributed by atoms with E-state index in [0.717, 1.165) is 32.4 Å². The molecule has 3 rings (SSSR count). The molecule has 2 fully saturated rings. The van der Waals surface area contributed by atoms with Crippen molar-refractivity contribution in [2.75, 3.05) is 26.2 Å². The van der Waals surface area contributed by atoms with Crippen LogP contribution in [0.25, 0.3) is 0 Å². The lowest BCUT2D eigenvalue weighted by Gasteiger charge is -2.37. The van der Waals surface area contributed by atoms with Gasteiger partial charge in [0.25, 0.3) is 0 Å². The molecule has 1 unspecified atom stereocenters. The fraction of sp³-hybridized carbons (Fsp3) is 0.632. The fourth-order valence-electron chi connectivity index (χ4n) is 3.90. The molecule has 0 aromatic heterocycles. The number of hydrogen-bond donors (Lipinski definition) is 1. The Balaban J connectivity index is 1.58. The normalized spacial score (nSPS) is 22.0. The quantitative estimate of drug-likeness (QED) is 0.900. The van der Waals surface area contributed by atoms with E-state index >= 15 is 0 Å². The minimum absolute atomic E-state index is 0.0752. The highest BCUT2D eigenvalue weighted by Crippen LogP contribution is 2.23. The van der Waals surface area contributed by atoms with Crippen molar-refractivity contribution in [3.8, 4) is 5.75 Å². The molecule has 0 bridgehead atoms. The van der Waals surface area contributed by atoms with E-state index in [1.165, 1.54) is 44.5 Å². The summed E-state index contributed by atoms with van der Waals surface area (Å²) >= 11 is 0. The van der Waals surface area contributed by atoms with Crippen molar-refractivity contribution in [3.05, 3.63) is 29.6 Å². The zero-order valence-corrected chi connectivity index (χ0v) is 14.2. The molecule has 1 N–H and O–H groups in total. The average molecular weight is 334 g/mol. The van der Waals surface area contributed by atoms with Gasteiger partial charge in [-0.2, -0.15) is 0 Å². The molecular formula is C19H27FN2O2. The van der Waals surface area contributed by atoms with E-state index in [0.29, 0.717) is 11.6 Å². The smallest absolute Gasteiger partial charge is 0.227 e. The van der Waals surface area contributed by atoms with Gasteiger partial charge in [-0.25, -0.2) is 4.39 Å². The highest BCUT2D eigenvalue weighted by atomic mass is 19.1. The standard InChI is InChI=1S/C19H27FN2O2/c20-17-13-15(6-7-18(17)23)14-19(24)22-11-2-1-5-16(22)8-12-21-9-3-4-10-21/h6-7,13,16,23H,1-5,8-12,14H2. The van der Waals surface area contributed by atoms with E-state index < -0.39 is 5.82 Å². The second-order valence-corrected chi connectivity index (χ2v) is 7.04. The molecular weight excluding hydrogens is 307 g/mol. The molecule has 2 saturated heterocycles. The van der Waals surface area contributed by atoms with Crippen LogP contribution >= 0.6 is 0 Å². The van der Waals surface area contributed by atoms with Crippen LogP contribution in [0.15, 0.2) is 18.2 Å². The Morgan fingerprint density at radius 1 is 1.17 bits per heavy atom. The number of piperidine rings is 1. The van der Waals surface area contributed by atoms with Crippen LogP contribution in [0.2, 0.25) is 0 Å². The summed E-state index contributed by atoms with van der Waals surface area (Å²) in [5.74, 6) is -0.955. The zero-order valence-electron chi connectivity index (χ0n) is 14.2. The number of benzene rings is 1. The molecule has 1 amide bonds. The van der Waals surface area contributed by atoms with Gasteiger partial charge in [-0.3, -0.25) is 4.79 Å². The number of hydrogen-bond acceptors (Lipinski definition) is 3. The third kappa shape index (κ3) is 4.26. The molecule has 5 heteroatoms. The highest BCUT2D eigenvalue weighted by molar-refractivity contribution is 5.79. The van der Waals surface area contributed by atoms with Crippen molar-refractivity contribution in [2.24, 2.45) is 0 Å². The molecule has 2 heterocycles. The number of halogens is 1. The van der Waals surface area contributed by atoms with E-state index in [9.17, 15) is 14.3 Å². The van der Waals surface area contributed by atoms with Gasteiger partial charge in [-0.15, -0.1) is 0 Å². The van der Waals surface area contributed by atoms with Gasteiger partial charge in [0.1, 0.15) is 0 Å². The second-order valence-electron chi connectivity index (χ2n) is 7.04. The first-order valence-electron chi connectivity index (χ1n) is 9.13. The number of carbonyl (C=O) groups is 1. The SMILES string of the molecule is O=C(Cc1ccc(O)c(F)c1)N1CCCCC1CCN1CCCC1. The van der Waals surface area contributed by atoms with E-state index in [1.54, 1.807) is 6.07 Å². The first-order chi connectivity index (χ1) is 11.6. The largest absolute Gasteiger partial charge is 0.505 e.